The van der Waals surface area contributed by atoms with Crippen molar-refractivity contribution in [1.29, 1.82) is 0 Å². The minimum Gasteiger partial charge on any atom is -0.482 e. The fourth-order valence-corrected chi connectivity index (χ4v) is 2.99. The number of para-hydroxylation sites is 1. The van der Waals surface area contributed by atoms with Crippen LogP contribution < -0.4 is 10.1 Å². The molecule has 1 unspecified atom stereocenters. The first-order chi connectivity index (χ1) is 11.6. The van der Waals surface area contributed by atoms with Gasteiger partial charge >= 0.3 is 0 Å². The van der Waals surface area contributed by atoms with Crippen LogP contribution in [0.15, 0.2) is 48.5 Å². The number of rotatable bonds is 4. The Bertz CT molecular complexity index is 730. The standard InChI is InChI=1S/C18H18ClFN2O2.ClH/c19-15-6-1-2-7-17(15)24-12-18(23)22-9-8-21-11-16(22)13-4-3-5-14(20)10-13;/h1-7,10,16,21H,8-9,11-12H2;1H. The van der Waals surface area contributed by atoms with Crippen LogP contribution in [-0.4, -0.2) is 37.0 Å². The van der Waals surface area contributed by atoms with Crippen molar-refractivity contribution in [1.82, 2.24) is 10.2 Å². The molecule has 1 aliphatic heterocycles. The zero-order valence-corrected chi connectivity index (χ0v) is 15.0. The van der Waals surface area contributed by atoms with E-state index in [-0.39, 0.29) is 36.8 Å². The number of nitrogens with one attached hydrogen (secondary N) is 1. The fourth-order valence-electron chi connectivity index (χ4n) is 2.80. The van der Waals surface area contributed by atoms with Crippen LogP contribution in [-0.2, 0) is 4.79 Å². The lowest BCUT2D eigenvalue weighted by molar-refractivity contribution is -0.136. The van der Waals surface area contributed by atoms with Gasteiger partial charge in [-0.1, -0.05) is 35.9 Å². The number of nitrogens with zero attached hydrogens (tertiary/aromatic N) is 1. The maximum atomic E-state index is 13.5. The van der Waals surface area contributed by atoms with E-state index < -0.39 is 0 Å². The summed E-state index contributed by atoms with van der Waals surface area (Å²) in [6, 6.07) is 13.2. The van der Waals surface area contributed by atoms with Crippen molar-refractivity contribution in [3.63, 3.8) is 0 Å². The van der Waals surface area contributed by atoms with Gasteiger partial charge in [0, 0.05) is 19.6 Å². The second-order valence-electron chi connectivity index (χ2n) is 5.58. The molecule has 1 aliphatic rings. The monoisotopic (exact) mass is 384 g/mol. The smallest absolute Gasteiger partial charge is 0.261 e. The molecule has 0 radical (unpaired) electrons. The highest BCUT2D eigenvalue weighted by atomic mass is 35.5. The molecule has 25 heavy (non-hydrogen) atoms. The van der Waals surface area contributed by atoms with E-state index >= 15 is 0 Å². The minimum absolute atomic E-state index is 0. The Morgan fingerprint density at radius 3 is 2.84 bits per heavy atom. The van der Waals surface area contributed by atoms with Gasteiger partial charge in [-0.2, -0.15) is 0 Å². The van der Waals surface area contributed by atoms with Crippen molar-refractivity contribution in [2.24, 2.45) is 0 Å². The predicted octanol–water partition coefficient (Wildman–Crippen LogP) is 3.45. The lowest BCUT2D eigenvalue weighted by atomic mass is 10.0. The second kappa shape index (κ2) is 9.04. The summed E-state index contributed by atoms with van der Waals surface area (Å²) in [5.41, 5.74) is 0.772. The van der Waals surface area contributed by atoms with E-state index in [0.29, 0.717) is 30.4 Å². The quantitative estimate of drug-likeness (QED) is 0.877. The van der Waals surface area contributed by atoms with Crippen molar-refractivity contribution in [2.75, 3.05) is 26.2 Å². The van der Waals surface area contributed by atoms with E-state index in [1.165, 1.54) is 12.1 Å². The topological polar surface area (TPSA) is 41.6 Å². The Balaban J connectivity index is 0.00000225. The van der Waals surface area contributed by atoms with Crippen LogP contribution in [0.4, 0.5) is 4.39 Å². The van der Waals surface area contributed by atoms with E-state index in [0.717, 1.165) is 5.56 Å². The Labute approximate surface area is 157 Å². The third-order valence-corrected chi connectivity index (χ3v) is 4.30. The van der Waals surface area contributed by atoms with E-state index in [2.05, 4.69) is 5.32 Å². The van der Waals surface area contributed by atoms with Gasteiger partial charge < -0.3 is 15.0 Å². The number of hydrogen-bond acceptors (Lipinski definition) is 3. The molecular weight excluding hydrogens is 366 g/mol. The lowest BCUT2D eigenvalue weighted by Crippen LogP contribution is -2.50. The first kappa shape index (κ1) is 19.5. The van der Waals surface area contributed by atoms with E-state index in [9.17, 15) is 9.18 Å². The largest absolute Gasteiger partial charge is 0.482 e. The summed E-state index contributed by atoms with van der Waals surface area (Å²) in [7, 11) is 0. The molecular formula is C18H19Cl2FN2O2. The number of carbonyl (C=O) groups excluding carboxylic acids is 1. The molecule has 0 spiro atoms. The summed E-state index contributed by atoms with van der Waals surface area (Å²) < 4.78 is 19.0. The molecule has 1 amide bonds. The number of piperazine rings is 1. The van der Waals surface area contributed by atoms with Crippen LogP contribution in [0.5, 0.6) is 5.75 Å². The highest BCUT2D eigenvalue weighted by molar-refractivity contribution is 6.32. The highest BCUT2D eigenvalue weighted by Crippen LogP contribution is 2.25. The maximum absolute atomic E-state index is 13.5. The minimum atomic E-state index is -0.308. The summed E-state index contributed by atoms with van der Waals surface area (Å²) in [4.78, 5) is 14.3. The van der Waals surface area contributed by atoms with Gasteiger partial charge in [0.15, 0.2) is 6.61 Å². The van der Waals surface area contributed by atoms with Crippen LogP contribution in [0, 0.1) is 5.82 Å². The van der Waals surface area contributed by atoms with Crippen LogP contribution in [0.3, 0.4) is 0 Å². The molecule has 1 fully saturated rings. The molecule has 2 aromatic carbocycles. The number of amides is 1. The SMILES string of the molecule is Cl.O=C(COc1ccccc1Cl)N1CCNCC1c1cccc(F)c1. The molecule has 1 N–H and O–H groups in total. The Hall–Kier alpha value is -1.82. The summed E-state index contributed by atoms with van der Waals surface area (Å²) in [5, 5.41) is 3.71. The fraction of sp³-hybridized carbons (Fsp3) is 0.278. The zero-order chi connectivity index (χ0) is 16.9. The molecule has 1 heterocycles. The molecule has 3 rings (SSSR count). The molecule has 0 aromatic heterocycles. The van der Waals surface area contributed by atoms with E-state index in [1.807, 2.05) is 6.07 Å². The average Bonchev–Trinajstić information content (AvgIpc) is 2.61. The van der Waals surface area contributed by atoms with Crippen molar-refractivity contribution < 1.29 is 13.9 Å². The number of halogens is 3. The van der Waals surface area contributed by atoms with Gasteiger partial charge in [0.05, 0.1) is 11.1 Å². The predicted molar refractivity (Wildman–Crippen MR) is 97.9 cm³/mol. The van der Waals surface area contributed by atoms with Gasteiger partial charge in [0.25, 0.3) is 5.91 Å². The Kier molecular flexibility index (Phi) is 7.05. The Morgan fingerprint density at radius 2 is 2.08 bits per heavy atom. The van der Waals surface area contributed by atoms with Crippen LogP contribution >= 0.6 is 24.0 Å². The summed E-state index contributed by atoms with van der Waals surface area (Å²) in [6.45, 7) is 1.73. The molecule has 134 valence electrons. The van der Waals surface area contributed by atoms with Crippen molar-refractivity contribution >= 4 is 29.9 Å². The van der Waals surface area contributed by atoms with Gasteiger partial charge in [-0.3, -0.25) is 4.79 Å². The van der Waals surface area contributed by atoms with Gasteiger partial charge in [-0.15, -0.1) is 12.4 Å². The molecule has 2 aromatic rings. The number of ether oxygens (including phenoxy) is 1. The van der Waals surface area contributed by atoms with Crippen LogP contribution in [0.2, 0.25) is 5.02 Å². The second-order valence-corrected chi connectivity index (χ2v) is 5.99. The summed E-state index contributed by atoms with van der Waals surface area (Å²) >= 11 is 6.03. The van der Waals surface area contributed by atoms with E-state index in [4.69, 9.17) is 16.3 Å². The Morgan fingerprint density at radius 1 is 1.28 bits per heavy atom. The number of hydrogen-bond donors (Lipinski definition) is 1. The van der Waals surface area contributed by atoms with Gasteiger partial charge in [-0.25, -0.2) is 4.39 Å². The van der Waals surface area contributed by atoms with Crippen molar-refractivity contribution in [3.05, 3.63) is 64.9 Å². The molecule has 0 saturated carbocycles. The van der Waals surface area contributed by atoms with Crippen molar-refractivity contribution in [2.45, 2.75) is 6.04 Å². The highest BCUT2D eigenvalue weighted by Gasteiger charge is 2.28. The zero-order valence-electron chi connectivity index (χ0n) is 13.5. The number of benzene rings is 2. The number of carbonyl (C=O) groups is 1. The summed E-state index contributed by atoms with van der Waals surface area (Å²) in [5.74, 6) is 0.0217. The first-order valence-corrected chi connectivity index (χ1v) is 8.16. The lowest BCUT2D eigenvalue weighted by Gasteiger charge is -2.36. The van der Waals surface area contributed by atoms with Crippen LogP contribution in [0.1, 0.15) is 11.6 Å². The molecule has 4 nitrogen and oxygen atoms in total. The van der Waals surface area contributed by atoms with Crippen molar-refractivity contribution in [3.8, 4) is 5.75 Å². The molecule has 1 atom stereocenters. The molecule has 1 saturated heterocycles. The third kappa shape index (κ3) is 4.84. The normalized spacial score (nSPS) is 16.9. The molecule has 0 aliphatic carbocycles. The van der Waals surface area contributed by atoms with Gasteiger partial charge in [0.2, 0.25) is 0 Å². The van der Waals surface area contributed by atoms with Gasteiger partial charge in [-0.05, 0) is 29.8 Å². The average molecular weight is 385 g/mol. The summed E-state index contributed by atoms with van der Waals surface area (Å²) in [6.07, 6.45) is 0. The van der Waals surface area contributed by atoms with E-state index in [1.54, 1.807) is 35.2 Å². The third-order valence-electron chi connectivity index (χ3n) is 3.98. The van der Waals surface area contributed by atoms with Crippen LogP contribution in [0.25, 0.3) is 0 Å². The molecule has 0 bridgehead atoms. The van der Waals surface area contributed by atoms with Gasteiger partial charge in [0.1, 0.15) is 11.6 Å². The molecule has 7 heteroatoms. The maximum Gasteiger partial charge on any atom is 0.261 e. The first-order valence-electron chi connectivity index (χ1n) is 7.78.